The average Bonchev–Trinajstić information content (AvgIpc) is 2.20. The fourth-order valence-electron chi connectivity index (χ4n) is 1.59. The van der Waals surface area contributed by atoms with E-state index in [1.165, 1.54) is 30.1 Å². The molecule has 0 aliphatic heterocycles. The molecule has 1 aromatic carbocycles. The van der Waals surface area contributed by atoms with E-state index in [0.29, 0.717) is 10.6 Å². The van der Waals surface area contributed by atoms with Gasteiger partial charge in [-0.05, 0) is 24.7 Å². The fraction of sp³-hybridized carbons (Fsp3) is 0.273. The summed E-state index contributed by atoms with van der Waals surface area (Å²) >= 11 is 11.7. The van der Waals surface area contributed by atoms with Gasteiger partial charge in [-0.3, -0.25) is 14.5 Å². The number of aliphatic carboxylic acids is 2. The molecule has 0 saturated carbocycles. The Hall–Kier alpha value is -1.30. The van der Waals surface area contributed by atoms with E-state index >= 15 is 0 Å². The van der Waals surface area contributed by atoms with Crippen molar-refractivity contribution in [3.05, 3.63) is 33.8 Å². The highest BCUT2D eigenvalue weighted by Crippen LogP contribution is 2.29. The lowest BCUT2D eigenvalue weighted by atomic mass is 10.1. The van der Waals surface area contributed by atoms with E-state index in [2.05, 4.69) is 0 Å². The standard InChI is InChI=1S/C11H11Cl2NO4/c1-14(5-9(15)16)10(11(17)18)7-3-2-6(12)4-8(7)13/h2-4,10H,5H2,1H3,(H,15,16)(H,17,18). The molecule has 0 aliphatic rings. The lowest BCUT2D eigenvalue weighted by molar-refractivity contribution is -0.145. The summed E-state index contributed by atoms with van der Waals surface area (Å²) in [6.07, 6.45) is 0. The highest BCUT2D eigenvalue weighted by Gasteiger charge is 2.28. The van der Waals surface area contributed by atoms with Crippen molar-refractivity contribution in [1.82, 2.24) is 4.90 Å². The van der Waals surface area contributed by atoms with Crippen molar-refractivity contribution in [3.8, 4) is 0 Å². The number of carboxylic acids is 2. The van der Waals surface area contributed by atoms with Gasteiger partial charge in [-0.2, -0.15) is 0 Å². The Balaban J connectivity index is 3.12. The minimum atomic E-state index is -1.18. The van der Waals surface area contributed by atoms with Crippen LogP contribution in [-0.4, -0.2) is 40.6 Å². The van der Waals surface area contributed by atoms with Crippen LogP contribution in [0.4, 0.5) is 0 Å². The van der Waals surface area contributed by atoms with Crippen molar-refractivity contribution in [2.24, 2.45) is 0 Å². The lowest BCUT2D eigenvalue weighted by Crippen LogP contribution is -2.34. The first-order chi connectivity index (χ1) is 8.32. The van der Waals surface area contributed by atoms with Gasteiger partial charge in [0.25, 0.3) is 0 Å². The van der Waals surface area contributed by atoms with E-state index in [1.807, 2.05) is 0 Å². The molecule has 1 unspecified atom stereocenters. The van der Waals surface area contributed by atoms with Gasteiger partial charge in [0.15, 0.2) is 0 Å². The molecule has 0 bridgehead atoms. The Morgan fingerprint density at radius 1 is 1.33 bits per heavy atom. The largest absolute Gasteiger partial charge is 0.480 e. The minimum absolute atomic E-state index is 0.187. The maximum Gasteiger partial charge on any atom is 0.325 e. The van der Waals surface area contributed by atoms with E-state index in [1.54, 1.807) is 0 Å². The summed E-state index contributed by atoms with van der Waals surface area (Å²) in [4.78, 5) is 23.0. The molecule has 0 aliphatic carbocycles. The number of hydrogen-bond donors (Lipinski definition) is 2. The zero-order chi connectivity index (χ0) is 13.9. The van der Waals surface area contributed by atoms with Crippen molar-refractivity contribution in [2.75, 3.05) is 13.6 Å². The highest BCUT2D eigenvalue weighted by molar-refractivity contribution is 6.35. The number of hydrogen-bond acceptors (Lipinski definition) is 3. The van der Waals surface area contributed by atoms with E-state index in [-0.39, 0.29) is 5.02 Å². The molecule has 7 heteroatoms. The number of halogens is 2. The van der Waals surface area contributed by atoms with Crippen molar-refractivity contribution in [1.29, 1.82) is 0 Å². The van der Waals surface area contributed by atoms with Gasteiger partial charge in [-0.1, -0.05) is 29.3 Å². The van der Waals surface area contributed by atoms with Gasteiger partial charge >= 0.3 is 11.9 Å². The number of carboxylic acid groups (broad SMARTS) is 2. The summed E-state index contributed by atoms with van der Waals surface area (Å²) in [5.74, 6) is -2.29. The predicted molar refractivity (Wildman–Crippen MR) is 67.1 cm³/mol. The molecule has 98 valence electrons. The normalized spacial score (nSPS) is 12.4. The Bertz CT molecular complexity index is 478. The first-order valence-corrected chi connectivity index (χ1v) is 5.68. The summed E-state index contributed by atoms with van der Waals surface area (Å²) in [6, 6.07) is 3.27. The van der Waals surface area contributed by atoms with Gasteiger partial charge in [0.1, 0.15) is 6.04 Å². The van der Waals surface area contributed by atoms with Gasteiger partial charge in [0, 0.05) is 10.0 Å². The second-order valence-electron chi connectivity index (χ2n) is 3.72. The van der Waals surface area contributed by atoms with Crippen LogP contribution in [0.15, 0.2) is 18.2 Å². The Kier molecular flexibility index (Phi) is 4.95. The van der Waals surface area contributed by atoms with Crippen LogP contribution in [0, 0.1) is 0 Å². The van der Waals surface area contributed by atoms with Crippen LogP contribution in [0.25, 0.3) is 0 Å². The van der Waals surface area contributed by atoms with E-state index < -0.39 is 24.5 Å². The number of nitrogens with zero attached hydrogens (tertiary/aromatic N) is 1. The Morgan fingerprint density at radius 3 is 2.39 bits per heavy atom. The van der Waals surface area contributed by atoms with Crippen molar-refractivity contribution in [2.45, 2.75) is 6.04 Å². The predicted octanol–water partition coefficient (Wildman–Crippen LogP) is 2.14. The van der Waals surface area contributed by atoms with E-state index in [9.17, 15) is 14.7 Å². The second-order valence-corrected chi connectivity index (χ2v) is 4.56. The van der Waals surface area contributed by atoms with Crippen LogP contribution in [0.1, 0.15) is 11.6 Å². The van der Waals surface area contributed by atoms with Crippen LogP contribution in [-0.2, 0) is 9.59 Å². The third kappa shape index (κ3) is 3.60. The summed E-state index contributed by atoms with van der Waals surface area (Å²) in [5, 5.41) is 18.4. The van der Waals surface area contributed by atoms with Gasteiger partial charge in [0.2, 0.25) is 0 Å². The molecule has 0 fully saturated rings. The molecular formula is C11H11Cl2NO4. The topological polar surface area (TPSA) is 77.8 Å². The first kappa shape index (κ1) is 14.8. The van der Waals surface area contributed by atoms with E-state index in [4.69, 9.17) is 28.3 Å². The second kappa shape index (κ2) is 6.04. The molecule has 0 aromatic heterocycles. The van der Waals surface area contributed by atoms with Gasteiger partial charge in [-0.25, -0.2) is 0 Å². The monoisotopic (exact) mass is 291 g/mol. The Morgan fingerprint density at radius 2 is 1.94 bits per heavy atom. The lowest BCUT2D eigenvalue weighted by Gasteiger charge is -2.24. The third-order valence-corrected chi connectivity index (χ3v) is 2.88. The van der Waals surface area contributed by atoms with Crippen LogP contribution in [0.2, 0.25) is 10.0 Å². The average molecular weight is 292 g/mol. The molecular weight excluding hydrogens is 281 g/mol. The zero-order valence-corrected chi connectivity index (χ0v) is 10.9. The van der Waals surface area contributed by atoms with Gasteiger partial charge in [-0.15, -0.1) is 0 Å². The van der Waals surface area contributed by atoms with Crippen molar-refractivity contribution in [3.63, 3.8) is 0 Å². The first-order valence-electron chi connectivity index (χ1n) is 4.92. The molecule has 0 heterocycles. The quantitative estimate of drug-likeness (QED) is 0.869. The molecule has 18 heavy (non-hydrogen) atoms. The van der Waals surface area contributed by atoms with Crippen LogP contribution in [0.5, 0.6) is 0 Å². The molecule has 2 N–H and O–H groups in total. The van der Waals surface area contributed by atoms with Crippen molar-refractivity contribution >= 4 is 35.1 Å². The van der Waals surface area contributed by atoms with Crippen LogP contribution < -0.4 is 0 Å². The molecule has 0 saturated heterocycles. The maximum absolute atomic E-state index is 11.2. The smallest absolute Gasteiger partial charge is 0.325 e. The van der Waals surface area contributed by atoms with Crippen molar-refractivity contribution < 1.29 is 19.8 Å². The van der Waals surface area contributed by atoms with Gasteiger partial charge in [0.05, 0.1) is 6.54 Å². The van der Waals surface area contributed by atoms with Crippen LogP contribution >= 0.6 is 23.2 Å². The summed E-state index contributed by atoms with van der Waals surface area (Å²) in [5.41, 5.74) is 0.303. The number of carbonyl (C=O) groups is 2. The minimum Gasteiger partial charge on any atom is -0.480 e. The van der Waals surface area contributed by atoms with Crippen LogP contribution in [0.3, 0.4) is 0 Å². The molecule has 0 amide bonds. The fourth-order valence-corrected chi connectivity index (χ4v) is 2.10. The summed E-state index contributed by atoms with van der Waals surface area (Å²) in [7, 11) is 1.40. The Labute approximate surface area is 114 Å². The molecule has 1 rings (SSSR count). The zero-order valence-electron chi connectivity index (χ0n) is 9.43. The van der Waals surface area contributed by atoms with E-state index in [0.717, 1.165) is 0 Å². The molecule has 1 atom stereocenters. The SMILES string of the molecule is CN(CC(=O)O)C(C(=O)O)c1ccc(Cl)cc1Cl. The summed E-state index contributed by atoms with van der Waals surface area (Å²) < 4.78 is 0. The highest BCUT2D eigenvalue weighted by atomic mass is 35.5. The molecule has 1 aromatic rings. The molecule has 0 spiro atoms. The molecule has 5 nitrogen and oxygen atoms in total. The molecule has 0 radical (unpaired) electrons. The number of benzene rings is 1. The maximum atomic E-state index is 11.2. The van der Waals surface area contributed by atoms with Gasteiger partial charge < -0.3 is 10.2 Å². The number of rotatable bonds is 5. The third-order valence-electron chi connectivity index (χ3n) is 2.32. The summed E-state index contributed by atoms with van der Waals surface area (Å²) in [6.45, 7) is -0.407. The number of likely N-dealkylation sites (N-methyl/N-ethyl adjacent to an activating group) is 1.